The lowest BCUT2D eigenvalue weighted by atomic mass is 9.85. The monoisotopic (exact) mass is 682 g/mol. The fourth-order valence-electron chi connectivity index (χ4n) is 6.94. The van der Waals surface area contributed by atoms with Gasteiger partial charge in [-0.05, 0) is 55.1 Å². The highest BCUT2D eigenvalue weighted by Gasteiger charge is 2.48. The predicted octanol–water partition coefficient (Wildman–Crippen LogP) is 5.97. The summed E-state index contributed by atoms with van der Waals surface area (Å²) in [6, 6.07) is 1.29. The highest BCUT2D eigenvalue weighted by atomic mass is 19.3. The third kappa shape index (κ3) is 7.86. The van der Waals surface area contributed by atoms with Gasteiger partial charge >= 0.3 is 18.7 Å². The average Bonchev–Trinajstić information content (AvgIpc) is 3.58. The summed E-state index contributed by atoms with van der Waals surface area (Å²) in [7, 11) is 1.16. The van der Waals surface area contributed by atoms with Crippen LogP contribution in [-0.4, -0.2) is 77.4 Å². The molecule has 0 spiro atoms. The molecule has 1 aromatic carbocycles. The molecular formula is C33H42F4N4O7. The summed E-state index contributed by atoms with van der Waals surface area (Å²) in [6.45, 7) is 3.95. The predicted molar refractivity (Wildman–Crippen MR) is 164 cm³/mol. The molecule has 1 aliphatic carbocycles. The van der Waals surface area contributed by atoms with Crippen LogP contribution in [-0.2, 0) is 25.0 Å². The van der Waals surface area contributed by atoms with E-state index in [-0.39, 0.29) is 48.0 Å². The molecule has 3 aliphatic rings. The van der Waals surface area contributed by atoms with E-state index in [2.05, 4.69) is 20.0 Å². The highest BCUT2D eigenvalue weighted by Crippen LogP contribution is 2.41. The summed E-state index contributed by atoms with van der Waals surface area (Å²) in [4.78, 5) is 49.9. The van der Waals surface area contributed by atoms with E-state index in [1.165, 1.54) is 17.0 Å². The van der Waals surface area contributed by atoms with Crippen LogP contribution in [0.25, 0.3) is 11.0 Å². The zero-order valence-electron chi connectivity index (χ0n) is 27.6. The van der Waals surface area contributed by atoms with Gasteiger partial charge in [-0.15, -0.1) is 0 Å². The molecule has 48 heavy (non-hydrogen) atoms. The van der Waals surface area contributed by atoms with E-state index in [0.29, 0.717) is 19.3 Å². The van der Waals surface area contributed by atoms with Gasteiger partial charge in [0.25, 0.3) is 5.92 Å². The van der Waals surface area contributed by atoms with Crippen LogP contribution < -0.4 is 14.8 Å². The topological polar surface area (TPSA) is 129 Å². The second kappa shape index (κ2) is 13.9. The van der Waals surface area contributed by atoms with Crippen molar-refractivity contribution >= 4 is 29.0 Å². The number of ether oxygens (including phenoxy) is 4. The number of hydrogen-bond acceptors (Lipinski definition) is 9. The Morgan fingerprint density at radius 1 is 1.08 bits per heavy atom. The molecule has 2 aromatic rings. The van der Waals surface area contributed by atoms with Crippen molar-refractivity contribution in [2.75, 3.05) is 13.7 Å². The van der Waals surface area contributed by atoms with Gasteiger partial charge in [-0.3, -0.25) is 4.79 Å². The van der Waals surface area contributed by atoms with Crippen molar-refractivity contribution in [2.45, 2.75) is 109 Å². The number of fused-ring (bicyclic) bond motifs is 5. The van der Waals surface area contributed by atoms with Crippen LogP contribution >= 0.6 is 0 Å². The van der Waals surface area contributed by atoms with E-state index >= 15 is 8.78 Å². The molecule has 2 amide bonds. The molecule has 1 saturated carbocycles. The van der Waals surface area contributed by atoms with Gasteiger partial charge in [0, 0.05) is 18.9 Å². The smallest absolute Gasteiger partial charge is 0.408 e. The van der Waals surface area contributed by atoms with Crippen LogP contribution in [0.5, 0.6) is 11.6 Å². The SMILES string of the molecule is COC(=O)[C@@H]1C[C@@H]2CN1C(=O)[C@H](C(C)(C)C)NC(=O)O[C@@H]1C[C@H](C)C[C@H]1CCCCC(F)(F)c1nc3ccc(OC(F)F)cc3nc1O2. The number of rotatable bonds is 3. The first kappa shape index (κ1) is 35.4. The van der Waals surface area contributed by atoms with Crippen LogP contribution in [0.3, 0.4) is 0 Å². The Balaban J connectivity index is 1.56. The molecule has 11 nitrogen and oxygen atoms in total. The Kier molecular flexibility index (Phi) is 10.3. The zero-order chi connectivity index (χ0) is 35.0. The number of aromatic nitrogens is 2. The second-order valence-electron chi connectivity index (χ2n) is 14.1. The molecule has 3 heterocycles. The Bertz CT molecular complexity index is 1520. The fraction of sp³-hybridized carbons (Fsp3) is 0.667. The summed E-state index contributed by atoms with van der Waals surface area (Å²) < 4.78 is 79.1. The number of carbonyl (C=O) groups excluding carboxylic acids is 3. The van der Waals surface area contributed by atoms with E-state index in [1.807, 2.05) is 6.92 Å². The van der Waals surface area contributed by atoms with Crippen LogP contribution in [0.1, 0.15) is 78.3 Å². The first-order valence-corrected chi connectivity index (χ1v) is 16.2. The lowest BCUT2D eigenvalue weighted by molar-refractivity contribution is -0.152. The first-order chi connectivity index (χ1) is 22.5. The minimum absolute atomic E-state index is 0.0140. The van der Waals surface area contributed by atoms with Gasteiger partial charge in [-0.1, -0.05) is 34.1 Å². The van der Waals surface area contributed by atoms with Crippen LogP contribution in [0.4, 0.5) is 22.4 Å². The maximum absolute atomic E-state index is 16.0. The van der Waals surface area contributed by atoms with E-state index in [0.717, 1.165) is 19.6 Å². The van der Waals surface area contributed by atoms with Gasteiger partial charge in [0.05, 0.1) is 24.7 Å². The lowest BCUT2D eigenvalue weighted by Crippen LogP contribution is -2.57. The van der Waals surface area contributed by atoms with Gasteiger partial charge in [-0.2, -0.15) is 17.6 Å². The van der Waals surface area contributed by atoms with Crippen molar-refractivity contribution in [2.24, 2.45) is 17.3 Å². The Hall–Kier alpha value is -3.91. The maximum Gasteiger partial charge on any atom is 0.408 e. The molecule has 1 N–H and O–H groups in total. The van der Waals surface area contributed by atoms with Gasteiger partial charge in [-0.25, -0.2) is 19.6 Å². The number of hydrogen-bond donors (Lipinski definition) is 1. The Labute approximate surface area is 276 Å². The van der Waals surface area contributed by atoms with E-state index < -0.39 is 78.2 Å². The number of halogens is 4. The Morgan fingerprint density at radius 2 is 1.83 bits per heavy atom. The van der Waals surface area contributed by atoms with Gasteiger partial charge < -0.3 is 29.2 Å². The summed E-state index contributed by atoms with van der Waals surface area (Å²) in [5.41, 5.74) is -1.58. The molecule has 264 valence electrons. The number of benzene rings is 1. The first-order valence-electron chi connectivity index (χ1n) is 16.2. The molecule has 2 bridgehead atoms. The number of nitrogens with zero attached hydrogens (tertiary/aromatic N) is 3. The summed E-state index contributed by atoms with van der Waals surface area (Å²) in [5, 5.41) is 2.73. The number of alkyl halides is 4. The van der Waals surface area contributed by atoms with Crippen molar-refractivity contribution in [1.29, 1.82) is 0 Å². The van der Waals surface area contributed by atoms with Crippen molar-refractivity contribution in [3.63, 3.8) is 0 Å². The van der Waals surface area contributed by atoms with Crippen molar-refractivity contribution in [3.05, 3.63) is 23.9 Å². The molecule has 0 unspecified atom stereocenters. The lowest BCUT2D eigenvalue weighted by Gasteiger charge is -2.35. The summed E-state index contributed by atoms with van der Waals surface area (Å²) >= 11 is 0. The van der Waals surface area contributed by atoms with Gasteiger partial charge in [0.2, 0.25) is 11.8 Å². The minimum Gasteiger partial charge on any atom is -0.471 e. The van der Waals surface area contributed by atoms with Crippen molar-refractivity contribution in [3.8, 4) is 11.6 Å². The Morgan fingerprint density at radius 3 is 2.52 bits per heavy atom. The number of nitrogens with one attached hydrogen (secondary N) is 1. The molecule has 15 heteroatoms. The van der Waals surface area contributed by atoms with Crippen molar-refractivity contribution < 1.29 is 50.9 Å². The third-order valence-electron chi connectivity index (χ3n) is 9.29. The quantitative estimate of drug-likeness (QED) is 0.307. The highest BCUT2D eigenvalue weighted by molar-refractivity contribution is 5.91. The molecule has 1 aromatic heterocycles. The number of alkyl carbamates (subject to hydrolysis) is 1. The number of amides is 2. The number of carbonyl (C=O) groups is 3. The molecular weight excluding hydrogens is 640 g/mol. The second-order valence-corrected chi connectivity index (χ2v) is 14.1. The van der Waals surface area contributed by atoms with Crippen molar-refractivity contribution in [1.82, 2.24) is 20.2 Å². The van der Waals surface area contributed by atoms with Crippen LogP contribution in [0, 0.1) is 17.3 Å². The van der Waals surface area contributed by atoms with Gasteiger partial charge in [0.15, 0.2) is 5.69 Å². The molecule has 1 saturated heterocycles. The van der Waals surface area contributed by atoms with E-state index in [4.69, 9.17) is 14.2 Å². The van der Waals surface area contributed by atoms with E-state index in [9.17, 15) is 23.2 Å². The summed E-state index contributed by atoms with van der Waals surface area (Å²) in [6.07, 6.45) is -0.482. The fourth-order valence-corrected chi connectivity index (χ4v) is 6.94. The normalized spacial score (nSPS) is 28.4. The maximum atomic E-state index is 16.0. The molecule has 2 aliphatic heterocycles. The molecule has 2 fully saturated rings. The number of methoxy groups -OCH3 is 1. The van der Waals surface area contributed by atoms with Gasteiger partial charge in [0.1, 0.15) is 30.0 Å². The number of esters is 1. The average molecular weight is 683 g/mol. The molecule has 6 atom stereocenters. The zero-order valence-corrected chi connectivity index (χ0v) is 27.6. The minimum atomic E-state index is -3.51. The largest absolute Gasteiger partial charge is 0.471 e. The van der Waals surface area contributed by atoms with Crippen LogP contribution in [0.2, 0.25) is 0 Å². The summed E-state index contributed by atoms with van der Waals surface area (Å²) in [5.74, 6) is -5.47. The van der Waals surface area contributed by atoms with E-state index in [1.54, 1.807) is 20.8 Å². The van der Waals surface area contributed by atoms with Crippen LogP contribution in [0.15, 0.2) is 18.2 Å². The molecule has 0 radical (unpaired) electrons. The third-order valence-corrected chi connectivity index (χ3v) is 9.29. The molecule has 5 rings (SSSR count). The standard InChI is InChI=1S/C33H42F4N4O7/c1-17-12-18-8-6-7-11-33(36,37)25-27(39-22-14-19(47-30(34)35)9-10-21(22)38-25)46-20-15-23(29(43)45-5)41(16-20)28(42)26(32(2,3)4)40-31(44)48-24(18)13-17/h9-10,14,17-18,20,23-24,26,30H,6-8,11-13,15-16H2,1-5H3,(H,40,44)/t17-,18-,20-,23+,24-,26-/m1/s1.